The van der Waals surface area contributed by atoms with Gasteiger partial charge in [0.05, 0.1) is 0 Å². The number of para-hydroxylation sites is 2. The van der Waals surface area contributed by atoms with Crippen LogP contribution in [0, 0.1) is 27.7 Å². The average molecular weight is 577 g/mol. The third kappa shape index (κ3) is 13.8. The van der Waals surface area contributed by atoms with Gasteiger partial charge >= 0.3 is 0 Å². The fourth-order valence-electron chi connectivity index (χ4n) is 2.08. The van der Waals surface area contributed by atoms with Gasteiger partial charge in [0.25, 0.3) is 0 Å². The molecule has 0 aliphatic carbocycles. The number of phenolic OH excluding ortho intramolecular Hbond substituents is 2. The second-order valence-corrected chi connectivity index (χ2v) is 6.54. The van der Waals surface area contributed by atoms with E-state index in [-0.39, 0.29) is 25.8 Å². The molecule has 0 aromatic heterocycles. The van der Waals surface area contributed by atoms with Gasteiger partial charge in [-0.2, -0.15) is 49.2 Å². The Morgan fingerprint density at radius 3 is 0.871 bits per heavy atom. The van der Waals surface area contributed by atoms with Gasteiger partial charge in [-0.25, -0.2) is 0 Å². The van der Waals surface area contributed by atoms with E-state index < -0.39 is 0 Å². The zero-order valence-corrected chi connectivity index (χ0v) is 21.8. The van der Waals surface area contributed by atoms with Gasteiger partial charge in [0, 0.05) is 25.8 Å². The summed E-state index contributed by atoms with van der Waals surface area (Å²) in [6.45, 7) is 11.2. The topological polar surface area (TPSA) is 40.5 Å². The van der Waals surface area contributed by atoms with Gasteiger partial charge in [-0.3, -0.25) is 0 Å². The van der Waals surface area contributed by atoms with Crippen molar-refractivity contribution in [3.05, 3.63) is 145 Å². The molecule has 0 saturated heterocycles. The standard InChI is InChI=1S/2C7H8O.2C7H7.Hf/c2*1-6-4-2-3-5-7(6)8;2*1-7-5-3-2-4-6-7;/h2*2-5,8H,1H3;2*2-6H,1H2;/q;;2*-1;. The van der Waals surface area contributed by atoms with Crippen LogP contribution in [0.4, 0.5) is 0 Å². The maximum absolute atomic E-state index is 8.92. The molecular weight excluding hydrogens is 547 g/mol. The Morgan fingerprint density at radius 1 is 0.452 bits per heavy atom. The van der Waals surface area contributed by atoms with Gasteiger partial charge in [0.2, 0.25) is 0 Å². The summed E-state index contributed by atoms with van der Waals surface area (Å²) in [6.07, 6.45) is 0. The van der Waals surface area contributed by atoms with Crippen LogP contribution in [0.5, 0.6) is 11.5 Å². The smallest absolute Gasteiger partial charge is 0.118 e. The van der Waals surface area contributed by atoms with E-state index in [4.69, 9.17) is 10.2 Å². The molecule has 0 radical (unpaired) electrons. The molecule has 0 fully saturated rings. The first-order chi connectivity index (χ1) is 14.4. The quantitative estimate of drug-likeness (QED) is 0.173. The molecule has 2 nitrogen and oxygen atoms in total. The van der Waals surface area contributed by atoms with Crippen molar-refractivity contribution in [3.63, 3.8) is 0 Å². The van der Waals surface area contributed by atoms with Crippen molar-refractivity contribution in [2.75, 3.05) is 0 Å². The second-order valence-electron chi connectivity index (χ2n) is 6.54. The molecule has 31 heavy (non-hydrogen) atoms. The van der Waals surface area contributed by atoms with E-state index in [1.807, 2.05) is 111 Å². The summed E-state index contributed by atoms with van der Waals surface area (Å²) in [4.78, 5) is 0. The predicted molar refractivity (Wildman–Crippen MR) is 127 cm³/mol. The summed E-state index contributed by atoms with van der Waals surface area (Å²) in [5, 5.41) is 17.8. The minimum absolute atomic E-state index is 0. The van der Waals surface area contributed by atoms with Crippen molar-refractivity contribution in [3.8, 4) is 11.5 Å². The summed E-state index contributed by atoms with van der Waals surface area (Å²) in [6, 6.07) is 34.3. The zero-order chi connectivity index (χ0) is 22.2. The van der Waals surface area contributed by atoms with E-state index in [0.29, 0.717) is 11.5 Å². The van der Waals surface area contributed by atoms with Crippen LogP contribution in [-0.2, 0) is 25.8 Å². The fourth-order valence-corrected chi connectivity index (χ4v) is 2.08. The van der Waals surface area contributed by atoms with E-state index in [1.165, 1.54) is 0 Å². The number of hydrogen-bond acceptors (Lipinski definition) is 2. The molecule has 4 aromatic rings. The minimum atomic E-state index is 0. The number of hydrogen-bond donors (Lipinski definition) is 2. The molecule has 4 rings (SSSR count). The Bertz CT molecular complexity index is 832. The Hall–Kier alpha value is -2.91. The van der Waals surface area contributed by atoms with Crippen LogP contribution in [0.25, 0.3) is 0 Å². The number of aryl methyl sites for hydroxylation is 2. The number of rotatable bonds is 0. The summed E-state index contributed by atoms with van der Waals surface area (Å²) in [5.41, 5.74) is 3.99. The van der Waals surface area contributed by atoms with Gasteiger partial charge in [-0.1, -0.05) is 48.5 Å². The third-order valence-electron chi connectivity index (χ3n) is 3.92. The van der Waals surface area contributed by atoms with Crippen molar-refractivity contribution >= 4 is 0 Å². The van der Waals surface area contributed by atoms with E-state index >= 15 is 0 Å². The molecule has 0 saturated carbocycles. The maximum atomic E-state index is 8.92. The maximum Gasteiger partial charge on any atom is 0.118 e. The van der Waals surface area contributed by atoms with Gasteiger partial charge in [0.1, 0.15) is 11.5 Å². The average Bonchev–Trinajstić information content (AvgIpc) is 2.75. The Balaban J connectivity index is 0.000000384. The number of benzene rings is 4. The minimum Gasteiger partial charge on any atom is -0.508 e. The van der Waals surface area contributed by atoms with Crippen LogP contribution >= 0.6 is 0 Å². The number of phenols is 2. The Labute approximate surface area is 206 Å². The molecule has 4 aromatic carbocycles. The first kappa shape index (κ1) is 28.1. The molecule has 2 N–H and O–H groups in total. The molecule has 0 unspecified atom stereocenters. The summed E-state index contributed by atoms with van der Waals surface area (Å²) >= 11 is 0. The van der Waals surface area contributed by atoms with Crippen molar-refractivity contribution in [2.45, 2.75) is 13.8 Å². The van der Waals surface area contributed by atoms with Crippen molar-refractivity contribution in [1.82, 2.24) is 0 Å². The molecule has 0 amide bonds. The van der Waals surface area contributed by atoms with E-state index in [0.717, 1.165) is 22.3 Å². The van der Waals surface area contributed by atoms with Crippen LogP contribution in [0.3, 0.4) is 0 Å². The van der Waals surface area contributed by atoms with Crippen LogP contribution in [0.1, 0.15) is 22.3 Å². The third-order valence-corrected chi connectivity index (χ3v) is 3.92. The normalized spacial score (nSPS) is 8.58. The van der Waals surface area contributed by atoms with Gasteiger partial charge < -0.3 is 10.2 Å². The molecule has 0 aliphatic rings. The predicted octanol–water partition coefficient (Wildman–Crippen LogP) is 7.14. The summed E-state index contributed by atoms with van der Waals surface area (Å²) in [5.74, 6) is 0.736. The summed E-state index contributed by atoms with van der Waals surface area (Å²) < 4.78 is 0. The van der Waals surface area contributed by atoms with Crippen molar-refractivity contribution in [2.24, 2.45) is 0 Å². The summed E-state index contributed by atoms with van der Waals surface area (Å²) in [7, 11) is 0. The molecule has 3 heteroatoms. The van der Waals surface area contributed by atoms with E-state index in [1.54, 1.807) is 12.1 Å². The first-order valence-electron chi connectivity index (χ1n) is 9.63. The van der Waals surface area contributed by atoms with Crippen LogP contribution in [-0.4, -0.2) is 10.2 Å². The molecule has 160 valence electrons. The van der Waals surface area contributed by atoms with Gasteiger partial charge in [-0.15, -0.1) is 24.3 Å². The molecule has 0 aliphatic heterocycles. The molecule has 0 heterocycles. The molecule has 0 bridgehead atoms. The van der Waals surface area contributed by atoms with Crippen molar-refractivity contribution < 1.29 is 36.1 Å². The monoisotopic (exact) mass is 578 g/mol. The van der Waals surface area contributed by atoms with Gasteiger partial charge in [0.15, 0.2) is 0 Å². The fraction of sp³-hybridized carbons (Fsp3) is 0.0714. The first-order valence-corrected chi connectivity index (χ1v) is 9.63. The zero-order valence-electron chi connectivity index (χ0n) is 18.2. The van der Waals surface area contributed by atoms with Crippen LogP contribution in [0.2, 0.25) is 0 Å². The van der Waals surface area contributed by atoms with E-state index in [2.05, 4.69) is 13.8 Å². The largest absolute Gasteiger partial charge is 0.508 e. The van der Waals surface area contributed by atoms with E-state index in [9.17, 15) is 0 Å². The molecule has 0 spiro atoms. The van der Waals surface area contributed by atoms with Crippen LogP contribution < -0.4 is 0 Å². The second kappa shape index (κ2) is 16.8. The van der Waals surface area contributed by atoms with Crippen molar-refractivity contribution in [1.29, 1.82) is 0 Å². The Morgan fingerprint density at radius 2 is 0.710 bits per heavy atom. The Kier molecular flexibility index (Phi) is 15.3. The van der Waals surface area contributed by atoms with Crippen LogP contribution in [0.15, 0.2) is 109 Å². The molecule has 0 atom stereocenters. The SMILES string of the molecule is Cc1ccccc1O.Cc1ccccc1O.[CH2-]c1ccccc1.[CH2-]c1ccccc1.[Hf]. The molecular formula is C28H30HfO2-2. The van der Waals surface area contributed by atoms with Gasteiger partial charge in [-0.05, 0) is 37.1 Å². The number of aromatic hydroxyl groups is 2.